The molecule has 4 heteroatoms. The van der Waals surface area contributed by atoms with Crippen LogP contribution in [0.1, 0.15) is 23.0 Å². The summed E-state index contributed by atoms with van der Waals surface area (Å²) < 4.78 is 0. The zero-order valence-corrected chi connectivity index (χ0v) is 11.6. The summed E-state index contributed by atoms with van der Waals surface area (Å²) in [4.78, 5) is 0. The lowest BCUT2D eigenvalue weighted by atomic mass is 9.84. The number of phenols is 2. The second-order valence-electron chi connectivity index (χ2n) is 5.17. The van der Waals surface area contributed by atoms with E-state index in [9.17, 15) is 10.2 Å². The van der Waals surface area contributed by atoms with Crippen LogP contribution in [-0.4, -0.2) is 23.3 Å². The topological polar surface area (TPSA) is 52.5 Å². The predicted molar refractivity (Wildman–Crippen MR) is 79.6 cm³/mol. The highest BCUT2D eigenvalue weighted by atomic mass is 35.5. The molecule has 0 spiro atoms. The Labute approximate surface area is 122 Å². The van der Waals surface area contributed by atoms with Crippen LogP contribution in [0.15, 0.2) is 42.5 Å². The molecule has 3 nitrogen and oxygen atoms in total. The van der Waals surface area contributed by atoms with Crippen molar-refractivity contribution in [1.29, 1.82) is 0 Å². The maximum absolute atomic E-state index is 9.67. The van der Waals surface area contributed by atoms with E-state index in [0.29, 0.717) is 5.92 Å². The van der Waals surface area contributed by atoms with E-state index >= 15 is 0 Å². The van der Waals surface area contributed by atoms with Crippen molar-refractivity contribution >= 4 is 11.6 Å². The Kier molecular flexibility index (Phi) is 3.55. The molecule has 0 amide bonds. The number of aromatic hydroxyl groups is 2. The fourth-order valence-corrected chi connectivity index (χ4v) is 2.99. The van der Waals surface area contributed by atoms with Gasteiger partial charge >= 0.3 is 0 Å². The van der Waals surface area contributed by atoms with Gasteiger partial charge in [0.05, 0.1) is 0 Å². The molecule has 1 fully saturated rings. The summed E-state index contributed by atoms with van der Waals surface area (Å²) in [6, 6.07) is 13.0. The third kappa shape index (κ3) is 2.47. The summed E-state index contributed by atoms with van der Waals surface area (Å²) in [6.07, 6.45) is 0. The number of phenolic OH excluding ortho intramolecular Hbond substituents is 2. The Bertz CT molecular complexity index is 612. The van der Waals surface area contributed by atoms with Crippen molar-refractivity contribution in [2.45, 2.75) is 11.8 Å². The van der Waals surface area contributed by atoms with Gasteiger partial charge in [0.15, 0.2) is 11.5 Å². The predicted octanol–water partition coefficient (Wildman–Crippen LogP) is 3.22. The van der Waals surface area contributed by atoms with Gasteiger partial charge in [-0.3, -0.25) is 0 Å². The average molecular weight is 290 g/mol. The quantitative estimate of drug-likeness (QED) is 0.744. The van der Waals surface area contributed by atoms with Gasteiger partial charge in [-0.05, 0) is 35.4 Å². The van der Waals surface area contributed by atoms with Crippen molar-refractivity contribution in [2.24, 2.45) is 0 Å². The second-order valence-corrected chi connectivity index (χ2v) is 5.61. The SMILES string of the molecule is Oc1ccc(C2CNCC2c2ccc(Cl)cc2)cc1O. The number of benzene rings is 2. The molecule has 0 aromatic heterocycles. The smallest absolute Gasteiger partial charge is 0.157 e. The lowest BCUT2D eigenvalue weighted by Crippen LogP contribution is -2.08. The van der Waals surface area contributed by atoms with Crippen molar-refractivity contribution in [3.63, 3.8) is 0 Å². The first-order chi connectivity index (χ1) is 9.65. The van der Waals surface area contributed by atoms with E-state index in [-0.39, 0.29) is 17.4 Å². The van der Waals surface area contributed by atoms with Crippen molar-refractivity contribution < 1.29 is 10.2 Å². The number of rotatable bonds is 2. The molecule has 1 aliphatic rings. The molecule has 0 aliphatic carbocycles. The molecule has 2 atom stereocenters. The second kappa shape index (κ2) is 5.35. The minimum Gasteiger partial charge on any atom is -0.504 e. The molecule has 0 saturated carbocycles. The van der Waals surface area contributed by atoms with Crippen molar-refractivity contribution in [3.8, 4) is 11.5 Å². The van der Waals surface area contributed by atoms with Gasteiger partial charge in [0.25, 0.3) is 0 Å². The van der Waals surface area contributed by atoms with Crippen molar-refractivity contribution in [3.05, 3.63) is 58.6 Å². The fraction of sp³-hybridized carbons (Fsp3) is 0.250. The van der Waals surface area contributed by atoms with Gasteiger partial charge in [0.2, 0.25) is 0 Å². The highest BCUT2D eigenvalue weighted by Gasteiger charge is 2.30. The van der Waals surface area contributed by atoms with Gasteiger partial charge in [-0.2, -0.15) is 0 Å². The van der Waals surface area contributed by atoms with Gasteiger partial charge in [-0.25, -0.2) is 0 Å². The van der Waals surface area contributed by atoms with E-state index < -0.39 is 0 Å². The molecule has 20 heavy (non-hydrogen) atoms. The van der Waals surface area contributed by atoms with Gasteiger partial charge in [-0.1, -0.05) is 29.8 Å². The van der Waals surface area contributed by atoms with Crippen LogP contribution < -0.4 is 5.32 Å². The largest absolute Gasteiger partial charge is 0.504 e. The van der Waals surface area contributed by atoms with Gasteiger partial charge in [-0.15, -0.1) is 0 Å². The van der Waals surface area contributed by atoms with Crippen LogP contribution in [0.2, 0.25) is 5.02 Å². The molecule has 2 aromatic rings. The Morgan fingerprint density at radius 3 is 2.10 bits per heavy atom. The molecule has 1 saturated heterocycles. The summed E-state index contributed by atoms with van der Waals surface area (Å²) in [6.45, 7) is 1.76. The highest BCUT2D eigenvalue weighted by molar-refractivity contribution is 6.30. The molecule has 0 bridgehead atoms. The van der Waals surface area contributed by atoms with Gasteiger partial charge < -0.3 is 15.5 Å². The zero-order valence-electron chi connectivity index (χ0n) is 10.9. The van der Waals surface area contributed by atoms with Crippen molar-refractivity contribution in [2.75, 3.05) is 13.1 Å². The molecule has 0 radical (unpaired) electrons. The van der Waals surface area contributed by atoms with Crippen LogP contribution in [0.4, 0.5) is 0 Å². The standard InChI is InChI=1S/C16H16ClNO2/c17-12-4-1-10(2-5-12)13-8-18-9-14(13)11-3-6-15(19)16(20)7-11/h1-7,13-14,18-20H,8-9H2. The van der Waals surface area contributed by atoms with E-state index in [1.54, 1.807) is 12.1 Å². The lowest BCUT2D eigenvalue weighted by molar-refractivity contribution is 0.402. The summed E-state index contributed by atoms with van der Waals surface area (Å²) in [5.74, 6) is 0.478. The van der Waals surface area contributed by atoms with Gasteiger partial charge in [0, 0.05) is 29.9 Å². The maximum atomic E-state index is 9.67. The Morgan fingerprint density at radius 2 is 1.45 bits per heavy atom. The minimum absolute atomic E-state index is 0.0655. The van der Waals surface area contributed by atoms with E-state index in [4.69, 9.17) is 11.6 Å². The molecule has 1 aliphatic heterocycles. The van der Waals surface area contributed by atoms with Gasteiger partial charge in [0.1, 0.15) is 0 Å². The number of hydrogen-bond acceptors (Lipinski definition) is 3. The molecule has 2 unspecified atom stereocenters. The van der Waals surface area contributed by atoms with Crippen LogP contribution in [0.3, 0.4) is 0 Å². The normalized spacial score (nSPS) is 22.1. The monoisotopic (exact) mass is 289 g/mol. The van der Waals surface area contributed by atoms with E-state index in [2.05, 4.69) is 5.32 Å². The molecular formula is C16H16ClNO2. The van der Waals surface area contributed by atoms with E-state index in [0.717, 1.165) is 23.7 Å². The minimum atomic E-state index is -0.0808. The Morgan fingerprint density at radius 1 is 0.850 bits per heavy atom. The number of hydrogen-bond donors (Lipinski definition) is 3. The molecule has 3 N–H and O–H groups in total. The van der Waals surface area contributed by atoms with E-state index in [1.807, 2.05) is 30.3 Å². The third-order valence-electron chi connectivity index (χ3n) is 3.94. The Hall–Kier alpha value is -1.71. The van der Waals surface area contributed by atoms with Crippen LogP contribution in [-0.2, 0) is 0 Å². The maximum Gasteiger partial charge on any atom is 0.157 e. The first-order valence-corrected chi connectivity index (χ1v) is 7.01. The Balaban J connectivity index is 1.92. The molecule has 2 aromatic carbocycles. The lowest BCUT2D eigenvalue weighted by Gasteiger charge is -2.20. The number of halogens is 1. The van der Waals surface area contributed by atoms with Crippen LogP contribution in [0, 0.1) is 0 Å². The molecule has 3 rings (SSSR count). The molecular weight excluding hydrogens is 274 g/mol. The van der Waals surface area contributed by atoms with Crippen LogP contribution in [0.25, 0.3) is 0 Å². The first-order valence-electron chi connectivity index (χ1n) is 6.63. The van der Waals surface area contributed by atoms with E-state index in [1.165, 1.54) is 5.56 Å². The zero-order chi connectivity index (χ0) is 14.1. The summed E-state index contributed by atoms with van der Waals surface area (Å²) in [5, 5.41) is 23.2. The van der Waals surface area contributed by atoms with Crippen LogP contribution in [0.5, 0.6) is 11.5 Å². The fourth-order valence-electron chi connectivity index (χ4n) is 2.86. The third-order valence-corrected chi connectivity index (χ3v) is 4.19. The highest BCUT2D eigenvalue weighted by Crippen LogP contribution is 2.38. The van der Waals surface area contributed by atoms with Crippen molar-refractivity contribution in [1.82, 2.24) is 5.32 Å². The molecule has 1 heterocycles. The summed E-state index contributed by atoms with van der Waals surface area (Å²) >= 11 is 5.93. The summed E-state index contributed by atoms with van der Waals surface area (Å²) in [5.41, 5.74) is 2.27. The molecule has 104 valence electrons. The number of nitrogens with one attached hydrogen (secondary N) is 1. The summed E-state index contributed by atoms with van der Waals surface area (Å²) in [7, 11) is 0. The first kappa shape index (κ1) is 13.3. The van der Waals surface area contributed by atoms with Crippen LogP contribution >= 0.6 is 11.6 Å². The average Bonchev–Trinajstić information content (AvgIpc) is 2.92.